The highest BCUT2D eigenvalue weighted by Gasteiger charge is 2.66. The van der Waals surface area contributed by atoms with Gasteiger partial charge in [-0.25, -0.2) is 0 Å². The molecule has 0 radical (unpaired) electrons. The summed E-state index contributed by atoms with van der Waals surface area (Å²) in [4.78, 5) is 17.2. The number of fused-ring (bicyclic) bond motifs is 2. The number of likely N-dealkylation sites (tertiary alicyclic amines) is 2. The summed E-state index contributed by atoms with van der Waals surface area (Å²) < 4.78 is 23.6. The highest BCUT2D eigenvalue weighted by molar-refractivity contribution is 7.26. The van der Waals surface area contributed by atoms with Crippen molar-refractivity contribution in [2.45, 2.75) is 61.4 Å². The molecule has 6 atom stereocenters. The largest absolute Gasteiger partial charge is 0.382 e. The van der Waals surface area contributed by atoms with Crippen LogP contribution >= 0.6 is 56.7 Å². The first-order valence-electron chi connectivity index (χ1n) is 45.0. The first-order chi connectivity index (χ1) is 60.9. The van der Waals surface area contributed by atoms with Gasteiger partial charge in [-0.2, -0.15) is 0 Å². The second kappa shape index (κ2) is 19.4. The zero-order valence-corrected chi connectivity index (χ0v) is 71.0. The van der Waals surface area contributed by atoms with Gasteiger partial charge in [0.2, 0.25) is 0 Å². The van der Waals surface area contributed by atoms with E-state index in [0.29, 0.717) is 44.9 Å². The van der Waals surface area contributed by atoms with Gasteiger partial charge in [0, 0.05) is 102 Å². The molecule has 39 rings (SSSR count). The van der Waals surface area contributed by atoms with Crippen molar-refractivity contribution < 1.29 is 18.9 Å². The van der Waals surface area contributed by atoms with Gasteiger partial charge in [0.25, 0.3) is 0 Å². The van der Waals surface area contributed by atoms with E-state index < -0.39 is 0 Å². The van der Waals surface area contributed by atoms with Gasteiger partial charge in [-0.1, -0.05) is 58.7 Å². The Balaban J connectivity index is 0.000000107. The number of hydrogen-bond donors (Lipinski definition) is 0. The van der Waals surface area contributed by atoms with E-state index in [9.17, 15) is 0 Å². The van der Waals surface area contributed by atoms with E-state index in [1.165, 1.54) is 82.1 Å². The summed E-state index contributed by atoms with van der Waals surface area (Å²) in [7, 11) is 3.55. The molecule has 2 aliphatic heterocycles. The molecule has 0 saturated carbocycles. The highest BCUT2D eigenvalue weighted by Crippen LogP contribution is 2.75. The molecule has 6 unspecified atom stereocenters. The lowest BCUT2D eigenvalue weighted by Crippen LogP contribution is -2.43. The lowest BCUT2D eigenvalue weighted by molar-refractivity contribution is 0.0527. The van der Waals surface area contributed by atoms with E-state index in [-0.39, 0.29) is 22.9 Å². The van der Waals surface area contributed by atoms with Gasteiger partial charge in [-0.05, 0) is 425 Å². The lowest BCUT2D eigenvalue weighted by Gasteiger charge is -2.42. The van der Waals surface area contributed by atoms with E-state index in [0.717, 1.165) is 71.3 Å². The van der Waals surface area contributed by atoms with Gasteiger partial charge in [-0.3, -0.25) is 9.80 Å². The fourth-order valence-corrected chi connectivity index (χ4v) is 38.3. The van der Waals surface area contributed by atoms with Crippen LogP contribution in [-0.4, -0.2) is 89.8 Å². The third-order valence-corrected chi connectivity index (χ3v) is 41.5. The molecular weight excluding hydrogens is 1600 g/mol. The van der Waals surface area contributed by atoms with E-state index in [1.807, 2.05) is 34.0 Å². The molecule has 2 saturated heterocycles. The quantitative estimate of drug-likeness (QED) is 0.0669. The van der Waals surface area contributed by atoms with Crippen molar-refractivity contribution in [2.24, 2.45) is 11.8 Å². The summed E-state index contributed by atoms with van der Waals surface area (Å²) in [5.74, 6) is 0.861. The Bertz CT molecular complexity index is 10200. The molecule has 0 bridgehead atoms. The number of hydrogen-bond acceptors (Lipinski definition) is 11. The Kier molecular flexibility index (Phi) is 9.87. The SMILES string of the molecule is COCCOCCN1CC2C3=c4c5c6c7c(cc8cc9cc%10cc%11cc%12c%13c(c4c4c5c5c7c8c7c9c%10c8c%11c%13c4c8c75)=C(C3)C%12)CC62C1c1ccc(-c2ccc(-c3cccs3)s2)s1.COCCOCCN1CC2C3=c4c5c6c7c(cc8cc9cc%10cc%11cc%12c%13c(c4c4c5c5c7c8c7c9c%10c8c%11c%13c4c8c75)=C(C3)C%12)CC62C1c1ccc(-c2cccs2)s1. The van der Waals surface area contributed by atoms with Gasteiger partial charge in [-0.15, -0.1) is 56.7 Å². The Morgan fingerprint density at radius 1 is 0.301 bits per heavy atom. The first kappa shape index (κ1) is 62.5. The van der Waals surface area contributed by atoms with Gasteiger partial charge in [0.1, 0.15) is 0 Å². The minimum atomic E-state index is -0.0777. The van der Waals surface area contributed by atoms with E-state index in [4.69, 9.17) is 18.9 Å². The molecule has 576 valence electrons. The first-order valence-corrected chi connectivity index (χ1v) is 49.2. The summed E-state index contributed by atoms with van der Waals surface area (Å²) in [5, 5.41) is 80.5. The zero-order chi connectivity index (χ0) is 77.8. The summed E-state index contributed by atoms with van der Waals surface area (Å²) in [5.41, 5.74) is 16.6. The Labute approximate surface area is 717 Å². The Hall–Kier alpha value is -10.6. The van der Waals surface area contributed by atoms with Crippen LogP contribution in [0.5, 0.6) is 0 Å². The number of thiophene rings is 5. The fourth-order valence-electron chi connectivity index (χ4n) is 33.0. The van der Waals surface area contributed by atoms with Crippen molar-refractivity contribution in [3.8, 4) is 29.3 Å². The average molecular weight is 1660 g/mol. The van der Waals surface area contributed by atoms with Crippen molar-refractivity contribution in [3.63, 3.8) is 0 Å². The van der Waals surface area contributed by atoms with Crippen LogP contribution in [0.1, 0.15) is 68.1 Å². The number of ether oxygens (including phenoxy) is 4. The van der Waals surface area contributed by atoms with Crippen LogP contribution in [-0.2, 0) is 55.5 Å². The highest BCUT2D eigenvalue weighted by atomic mass is 32.1. The average Bonchev–Trinajstić information content (AvgIpc) is 1.44. The topological polar surface area (TPSA) is 43.4 Å². The minimum Gasteiger partial charge on any atom is -0.382 e. The van der Waals surface area contributed by atoms with Gasteiger partial charge < -0.3 is 18.9 Å². The second-order valence-corrected chi connectivity index (χ2v) is 45.2. The minimum absolute atomic E-state index is 0.0520. The van der Waals surface area contributed by atoms with Gasteiger partial charge in [0.15, 0.2) is 0 Å². The molecule has 6 nitrogen and oxygen atoms in total. The zero-order valence-electron chi connectivity index (χ0n) is 66.9. The van der Waals surface area contributed by atoms with Crippen molar-refractivity contribution >= 4 is 316 Å². The molecule has 24 aromatic carbocycles. The summed E-state index contributed by atoms with van der Waals surface area (Å²) in [6, 6.07) is 50.3. The second-order valence-electron chi connectivity index (χ2n) is 40.0. The van der Waals surface area contributed by atoms with Crippen LogP contribution in [0.25, 0.3) is 289 Å². The molecule has 123 heavy (non-hydrogen) atoms. The summed E-state index contributed by atoms with van der Waals surface area (Å²) in [6.07, 6.45) is 6.62. The van der Waals surface area contributed by atoms with Crippen LogP contribution in [0.2, 0.25) is 0 Å². The van der Waals surface area contributed by atoms with Crippen LogP contribution in [0.3, 0.4) is 0 Å². The maximum absolute atomic E-state index is 6.38. The van der Waals surface area contributed by atoms with Gasteiger partial charge >= 0.3 is 0 Å². The molecule has 2 fully saturated rings. The van der Waals surface area contributed by atoms with Gasteiger partial charge in [0.05, 0.1) is 51.7 Å². The maximum Gasteiger partial charge on any atom is 0.0700 e. The third-order valence-electron chi connectivity index (χ3n) is 35.8. The molecule has 0 amide bonds. The molecule has 10 aliphatic rings. The van der Waals surface area contributed by atoms with Crippen molar-refractivity contribution in [1.29, 1.82) is 0 Å². The smallest absolute Gasteiger partial charge is 0.0700 e. The third kappa shape index (κ3) is 6.03. The molecule has 11 heteroatoms. The predicted molar refractivity (Wildman–Crippen MR) is 518 cm³/mol. The van der Waals surface area contributed by atoms with Crippen LogP contribution in [0, 0.1) is 11.8 Å². The molecule has 8 aliphatic carbocycles. The summed E-state index contributed by atoms with van der Waals surface area (Å²) in [6.45, 7) is 7.98. The fraction of sp³-hybridized carbons (Fsp3) is 0.214. The number of methoxy groups -OCH3 is 2. The lowest BCUT2D eigenvalue weighted by atomic mass is 9.60. The molecule has 2 spiro atoms. The van der Waals surface area contributed by atoms with E-state index >= 15 is 0 Å². The maximum atomic E-state index is 6.38. The predicted octanol–water partition coefficient (Wildman–Crippen LogP) is 24.7. The normalized spacial score (nSPS) is 22.3. The van der Waals surface area contributed by atoms with Crippen molar-refractivity contribution in [2.75, 3.05) is 80.0 Å². The van der Waals surface area contributed by atoms with E-state index in [1.54, 1.807) is 285 Å². The molecule has 7 heterocycles. The molecule has 29 aromatic rings. The number of rotatable bonds is 17. The number of benzene rings is 16. The monoisotopic (exact) mass is 1660 g/mol. The molecule has 5 aromatic heterocycles. The van der Waals surface area contributed by atoms with E-state index in [2.05, 4.69) is 165 Å². The van der Waals surface area contributed by atoms with Crippen molar-refractivity contribution in [1.82, 2.24) is 9.80 Å². The molecule has 0 N–H and O–H groups in total. The molecular formula is C112H64N2O4S5. The number of nitrogens with zero attached hydrogens (tertiary/aromatic N) is 2. The standard InChI is InChI=1S/C58H33NO2S3.C54H31NO2S2/c1-60-10-11-61-9-8-59-21-30-29-19-27-17-24-15-25-14-22-13-23-16-26-18-28-20-58(30,57(59)35-7-6-34(64-35)33-5-4-32(63-33)31-3-2-12-62-31)56-42(28)47-41(26)46-37(23)36(22)44-40(25)45-38(24)39(27)48-43(29)55(56)54-52(47)50(46)49(44)51(45)53(48)54;1-56-8-9-57-7-6-55-19-28-27-17-25-15-22-13-23-12-20-11-21-14-24-16-26-18-54(28,53(55)31-5-4-30(59-31)29-3-2-10-58-29)52-38(26)43-37(24)42-33(21)32(20)40-36(23)41-34(22)35(25)44-39(27)51(52)50-48(43)46(42)45(40)47(41)49(44)50/h2-7,12-16,18,30,57H,8-11,17,19-21H2,1H3;2-5,10-14,16,28,53H,6-9,15,17-19H2,1H3. The van der Waals surface area contributed by atoms with Crippen molar-refractivity contribution in [3.05, 3.63) is 196 Å². The Morgan fingerprint density at radius 2 is 0.634 bits per heavy atom. The Morgan fingerprint density at radius 3 is 1.04 bits per heavy atom. The van der Waals surface area contributed by atoms with Crippen LogP contribution < -0.4 is 20.9 Å². The van der Waals surface area contributed by atoms with Crippen LogP contribution in [0.4, 0.5) is 0 Å². The van der Waals surface area contributed by atoms with Crippen LogP contribution in [0.15, 0.2) is 132 Å². The summed E-state index contributed by atoms with van der Waals surface area (Å²) >= 11 is 9.79.